The number of rotatable bonds is 3. The number of hydrogen-bond donors (Lipinski definition) is 0. The van der Waals surface area contributed by atoms with Crippen LogP contribution in [0.3, 0.4) is 0 Å². The van der Waals surface area contributed by atoms with E-state index in [9.17, 15) is 4.39 Å². The lowest BCUT2D eigenvalue weighted by atomic mass is 10.5. The third-order valence-electron chi connectivity index (χ3n) is 1.19. The monoisotopic (exact) mass is 234 g/mol. The zero-order valence-electron chi connectivity index (χ0n) is 6.55. The second kappa shape index (κ2) is 4.47. The van der Waals surface area contributed by atoms with Crippen LogP contribution in [0.1, 0.15) is 12.7 Å². The largest absolute Gasteiger partial charge is 0.374 e. The van der Waals surface area contributed by atoms with Crippen molar-refractivity contribution < 1.29 is 9.13 Å². The van der Waals surface area contributed by atoms with E-state index in [4.69, 9.17) is 4.74 Å². The Hall–Kier alpha value is -0.550. The Morgan fingerprint density at radius 2 is 2.42 bits per heavy atom. The number of ether oxygens (including phenoxy) is 1. The summed E-state index contributed by atoms with van der Waals surface area (Å²) in [4.78, 5) is 7.41. The molecule has 1 aromatic heterocycles. The molecule has 0 radical (unpaired) electrons. The molecule has 0 atom stereocenters. The first kappa shape index (κ1) is 9.54. The van der Waals surface area contributed by atoms with E-state index in [0.29, 0.717) is 12.4 Å². The van der Waals surface area contributed by atoms with Crippen LogP contribution in [0.4, 0.5) is 4.39 Å². The van der Waals surface area contributed by atoms with Crippen LogP contribution in [0, 0.1) is 5.95 Å². The molecule has 5 heteroatoms. The zero-order valence-corrected chi connectivity index (χ0v) is 8.14. The maximum atomic E-state index is 12.8. The van der Waals surface area contributed by atoms with E-state index in [1.165, 1.54) is 6.20 Å². The van der Waals surface area contributed by atoms with Crippen LogP contribution in [0.5, 0.6) is 0 Å². The molecule has 0 fully saturated rings. The van der Waals surface area contributed by atoms with Gasteiger partial charge in [0.05, 0.1) is 4.47 Å². The van der Waals surface area contributed by atoms with Crippen LogP contribution >= 0.6 is 15.9 Å². The van der Waals surface area contributed by atoms with Gasteiger partial charge >= 0.3 is 0 Å². The lowest BCUT2D eigenvalue weighted by Gasteiger charge is -1.99. The minimum atomic E-state index is -0.556. The highest BCUT2D eigenvalue weighted by molar-refractivity contribution is 9.10. The summed E-state index contributed by atoms with van der Waals surface area (Å²) in [5.74, 6) is -0.197. The Bertz CT molecular complexity index is 270. The topological polar surface area (TPSA) is 35.0 Å². The highest BCUT2D eigenvalue weighted by atomic mass is 79.9. The van der Waals surface area contributed by atoms with Gasteiger partial charge in [-0.3, -0.25) is 0 Å². The summed E-state index contributed by atoms with van der Waals surface area (Å²) in [5, 5.41) is 0. The molecule has 0 amide bonds. The molecule has 0 aromatic carbocycles. The quantitative estimate of drug-likeness (QED) is 0.750. The maximum Gasteiger partial charge on any atom is 0.230 e. The first-order valence-corrected chi connectivity index (χ1v) is 4.28. The molecule has 0 saturated carbocycles. The van der Waals surface area contributed by atoms with Crippen molar-refractivity contribution in [3.8, 4) is 0 Å². The van der Waals surface area contributed by atoms with Crippen LogP contribution < -0.4 is 0 Å². The van der Waals surface area contributed by atoms with Gasteiger partial charge in [0.2, 0.25) is 5.95 Å². The van der Waals surface area contributed by atoms with Crippen LogP contribution in [0.15, 0.2) is 10.7 Å². The SMILES string of the molecule is CCOCc1ncc(Br)c(F)n1. The fraction of sp³-hybridized carbons (Fsp3) is 0.429. The molecule has 1 heterocycles. The van der Waals surface area contributed by atoms with E-state index in [-0.39, 0.29) is 11.1 Å². The van der Waals surface area contributed by atoms with Crippen LogP contribution in [0.25, 0.3) is 0 Å². The van der Waals surface area contributed by atoms with Crippen molar-refractivity contribution in [3.05, 3.63) is 22.4 Å². The van der Waals surface area contributed by atoms with Crippen molar-refractivity contribution in [1.29, 1.82) is 0 Å². The number of halogens is 2. The van der Waals surface area contributed by atoms with E-state index in [2.05, 4.69) is 25.9 Å². The fourth-order valence-corrected chi connectivity index (χ4v) is 0.834. The average molecular weight is 235 g/mol. The first-order valence-electron chi connectivity index (χ1n) is 3.48. The average Bonchev–Trinajstić information content (AvgIpc) is 2.07. The molecule has 0 aliphatic carbocycles. The Morgan fingerprint density at radius 1 is 1.67 bits per heavy atom. The molecule has 0 aliphatic heterocycles. The molecule has 0 N–H and O–H groups in total. The molecule has 1 aromatic rings. The van der Waals surface area contributed by atoms with Gasteiger partial charge in [-0.25, -0.2) is 9.97 Å². The Kier molecular flexibility index (Phi) is 3.55. The lowest BCUT2D eigenvalue weighted by molar-refractivity contribution is 0.127. The minimum absolute atomic E-state index is 0.251. The van der Waals surface area contributed by atoms with E-state index in [1.807, 2.05) is 6.92 Å². The predicted octanol–water partition coefficient (Wildman–Crippen LogP) is 1.91. The molecule has 0 saturated heterocycles. The van der Waals surface area contributed by atoms with Crippen molar-refractivity contribution in [2.75, 3.05) is 6.61 Å². The van der Waals surface area contributed by atoms with Gasteiger partial charge in [0, 0.05) is 12.8 Å². The molecule has 0 aliphatic rings. The van der Waals surface area contributed by atoms with Crippen molar-refractivity contribution in [2.24, 2.45) is 0 Å². The summed E-state index contributed by atoms with van der Waals surface area (Å²) in [6, 6.07) is 0. The van der Waals surface area contributed by atoms with Gasteiger partial charge in [-0.2, -0.15) is 4.39 Å². The molecule has 3 nitrogen and oxygen atoms in total. The molecule has 1 rings (SSSR count). The van der Waals surface area contributed by atoms with E-state index in [1.54, 1.807) is 0 Å². The second-order valence-electron chi connectivity index (χ2n) is 2.06. The summed E-state index contributed by atoms with van der Waals surface area (Å²) in [5.41, 5.74) is 0. The van der Waals surface area contributed by atoms with Gasteiger partial charge < -0.3 is 4.74 Å². The lowest BCUT2D eigenvalue weighted by Crippen LogP contribution is -2.00. The molecule has 66 valence electrons. The zero-order chi connectivity index (χ0) is 8.97. The Labute approximate surface area is 78.1 Å². The Balaban J connectivity index is 2.69. The van der Waals surface area contributed by atoms with Crippen molar-refractivity contribution in [2.45, 2.75) is 13.5 Å². The van der Waals surface area contributed by atoms with Crippen LogP contribution in [0.2, 0.25) is 0 Å². The van der Waals surface area contributed by atoms with E-state index >= 15 is 0 Å². The number of nitrogens with zero attached hydrogens (tertiary/aromatic N) is 2. The minimum Gasteiger partial charge on any atom is -0.374 e. The van der Waals surface area contributed by atoms with Crippen LogP contribution in [-0.4, -0.2) is 16.6 Å². The van der Waals surface area contributed by atoms with Crippen molar-refractivity contribution in [3.63, 3.8) is 0 Å². The standard InChI is InChI=1S/C7H8BrFN2O/c1-2-12-4-6-10-3-5(8)7(9)11-6/h3H,2,4H2,1H3. The van der Waals surface area contributed by atoms with Gasteiger partial charge in [-0.15, -0.1) is 0 Å². The highest BCUT2D eigenvalue weighted by Crippen LogP contribution is 2.10. The van der Waals surface area contributed by atoms with Crippen molar-refractivity contribution >= 4 is 15.9 Å². The summed E-state index contributed by atoms with van der Waals surface area (Å²) in [7, 11) is 0. The number of aromatic nitrogens is 2. The fourth-order valence-electron chi connectivity index (χ4n) is 0.643. The summed E-state index contributed by atoms with van der Waals surface area (Å²) >= 11 is 2.96. The molecule has 0 unspecified atom stereocenters. The van der Waals surface area contributed by atoms with Crippen LogP contribution in [-0.2, 0) is 11.3 Å². The van der Waals surface area contributed by atoms with Gasteiger partial charge in [0.15, 0.2) is 5.82 Å². The maximum absolute atomic E-state index is 12.8. The molecule has 0 bridgehead atoms. The summed E-state index contributed by atoms with van der Waals surface area (Å²) in [6.07, 6.45) is 1.37. The molecular weight excluding hydrogens is 227 g/mol. The Morgan fingerprint density at radius 3 is 3.00 bits per heavy atom. The van der Waals surface area contributed by atoms with E-state index in [0.717, 1.165) is 0 Å². The van der Waals surface area contributed by atoms with Gasteiger partial charge in [0.25, 0.3) is 0 Å². The summed E-state index contributed by atoms with van der Waals surface area (Å²) in [6.45, 7) is 2.68. The smallest absolute Gasteiger partial charge is 0.230 e. The van der Waals surface area contributed by atoms with E-state index < -0.39 is 5.95 Å². The van der Waals surface area contributed by atoms with Gasteiger partial charge in [-0.1, -0.05) is 0 Å². The molecular formula is C7H8BrFN2O. The first-order chi connectivity index (χ1) is 5.74. The number of hydrogen-bond acceptors (Lipinski definition) is 3. The normalized spacial score (nSPS) is 10.2. The highest BCUT2D eigenvalue weighted by Gasteiger charge is 2.02. The van der Waals surface area contributed by atoms with Gasteiger partial charge in [0.1, 0.15) is 6.61 Å². The third-order valence-corrected chi connectivity index (χ3v) is 1.72. The third kappa shape index (κ3) is 2.49. The van der Waals surface area contributed by atoms with Crippen molar-refractivity contribution in [1.82, 2.24) is 9.97 Å². The van der Waals surface area contributed by atoms with Gasteiger partial charge in [-0.05, 0) is 22.9 Å². The predicted molar refractivity (Wildman–Crippen MR) is 45.0 cm³/mol. The summed E-state index contributed by atoms with van der Waals surface area (Å²) < 4.78 is 18.0. The molecule has 0 spiro atoms. The molecule has 12 heavy (non-hydrogen) atoms. The second-order valence-corrected chi connectivity index (χ2v) is 2.92.